The third-order valence-corrected chi connectivity index (χ3v) is 1.01. The summed E-state index contributed by atoms with van der Waals surface area (Å²) in [6.07, 6.45) is 3.40. The number of hydrazone groups is 1. The lowest BCUT2D eigenvalue weighted by molar-refractivity contribution is 0.906. The maximum atomic E-state index is 4.03. The summed E-state index contributed by atoms with van der Waals surface area (Å²) in [6, 6.07) is 5.68. The summed E-state index contributed by atoms with van der Waals surface area (Å²) < 4.78 is 0. The second-order valence-corrected chi connectivity index (χ2v) is 1.74. The topological polar surface area (TPSA) is 37.3 Å². The van der Waals surface area contributed by atoms with Crippen LogP contribution in [0.4, 0.5) is 0 Å². The zero-order chi connectivity index (χ0) is 7.23. The minimum Gasteiger partial charge on any atom is -0.313 e. The molecule has 10 heavy (non-hydrogen) atoms. The van der Waals surface area contributed by atoms with Crippen LogP contribution in [0.2, 0.25) is 0 Å². The van der Waals surface area contributed by atoms with Crippen molar-refractivity contribution in [3.05, 3.63) is 30.1 Å². The van der Waals surface area contributed by atoms with Crippen molar-refractivity contribution in [1.82, 2.24) is 10.4 Å². The molecule has 0 saturated heterocycles. The van der Waals surface area contributed by atoms with E-state index < -0.39 is 0 Å². The van der Waals surface area contributed by atoms with Crippen molar-refractivity contribution >= 4 is 6.21 Å². The van der Waals surface area contributed by atoms with Gasteiger partial charge in [0, 0.05) is 13.2 Å². The van der Waals surface area contributed by atoms with Gasteiger partial charge in [-0.1, -0.05) is 6.07 Å². The number of hydrogen-bond donors (Lipinski definition) is 1. The van der Waals surface area contributed by atoms with Crippen LogP contribution >= 0.6 is 0 Å². The molecule has 3 heteroatoms. The van der Waals surface area contributed by atoms with Crippen LogP contribution in [0.3, 0.4) is 0 Å². The normalized spacial score (nSPS) is 10.1. The lowest BCUT2D eigenvalue weighted by Gasteiger charge is -1.88. The fourth-order valence-electron chi connectivity index (χ4n) is 0.583. The van der Waals surface area contributed by atoms with Gasteiger partial charge in [-0.05, 0) is 12.1 Å². The maximum absolute atomic E-state index is 4.03. The monoisotopic (exact) mass is 135 g/mol. The van der Waals surface area contributed by atoms with Crippen molar-refractivity contribution in [2.24, 2.45) is 5.10 Å². The fraction of sp³-hybridized carbons (Fsp3) is 0.143. The molecular formula is C7H9N3. The van der Waals surface area contributed by atoms with Crippen molar-refractivity contribution < 1.29 is 0 Å². The Morgan fingerprint density at radius 2 is 2.50 bits per heavy atom. The zero-order valence-electron chi connectivity index (χ0n) is 5.78. The number of rotatable bonds is 2. The van der Waals surface area contributed by atoms with Gasteiger partial charge < -0.3 is 5.43 Å². The average molecular weight is 135 g/mol. The lowest BCUT2D eigenvalue weighted by Crippen LogP contribution is -1.95. The highest BCUT2D eigenvalue weighted by atomic mass is 15.3. The van der Waals surface area contributed by atoms with Crippen LogP contribution in [0.1, 0.15) is 5.69 Å². The average Bonchev–Trinajstić information content (AvgIpc) is 2.03. The molecule has 0 aromatic carbocycles. The van der Waals surface area contributed by atoms with Crippen LogP contribution in [-0.4, -0.2) is 18.2 Å². The highest BCUT2D eigenvalue weighted by Gasteiger charge is 1.81. The first-order valence-electron chi connectivity index (χ1n) is 3.04. The molecule has 52 valence electrons. The van der Waals surface area contributed by atoms with Crippen molar-refractivity contribution in [1.29, 1.82) is 0 Å². The molecule has 1 heterocycles. The van der Waals surface area contributed by atoms with E-state index in [0.29, 0.717) is 0 Å². The van der Waals surface area contributed by atoms with Gasteiger partial charge in [0.25, 0.3) is 0 Å². The lowest BCUT2D eigenvalue weighted by atomic mass is 10.4. The molecule has 0 aliphatic carbocycles. The Balaban J connectivity index is 2.67. The summed E-state index contributed by atoms with van der Waals surface area (Å²) in [7, 11) is 1.75. The van der Waals surface area contributed by atoms with E-state index in [4.69, 9.17) is 0 Å². The smallest absolute Gasteiger partial charge is 0.0830 e. The number of pyridine rings is 1. The van der Waals surface area contributed by atoms with E-state index in [1.807, 2.05) is 18.2 Å². The van der Waals surface area contributed by atoms with Gasteiger partial charge >= 0.3 is 0 Å². The maximum Gasteiger partial charge on any atom is 0.0830 e. The summed E-state index contributed by atoms with van der Waals surface area (Å²) >= 11 is 0. The minimum absolute atomic E-state index is 0.858. The van der Waals surface area contributed by atoms with Gasteiger partial charge in [0.15, 0.2) is 0 Å². The van der Waals surface area contributed by atoms with Crippen molar-refractivity contribution in [3.63, 3.8) is 0 Å². The van der Waals surface area contributed by atoms with Gasteiger partial charge in [-0.25, -0.2) is 0 Å². The molecule has 1 aromatic heterocycles. The SMILES string of the molecule is CN/N=C/c1ccccn1. The number of nitrogens with zero attached hydrogens (tertiary/aromatic N) is 2. The van der Waals surface area contributed by atoms with E-state index in [1.165, 1.54) is 0 Å². The minimum atomic E-state index is 0.858. The zero-order valence-corrected chi connectivity index (χ0v) is 5.78. The van der Waals surface area contributed by atoms with E-state index in [9.17, 15) is 0 Å². The summed E-state index contributed by atoms with van der Waals surface area (Å²) in [5.41, 5.74) is 3.50. The molecule has 0 saturated carbocycles. The third kappa shape index (κ3) is 1.85. The van der Waals surface area contributed by atoms with Gasteiger partial charge in [0.1, 0.15) is 0 Å². The first-order valence-corrected chi connectivity index (χ1v) is 3.04. The van der Waals surface area contributed by atoms with Gasteiger partial charge in [-0.15, -0.1) is 0 Å². The number of aromatic nitrogens is 1. The Bertz CT molecular complexity index is 205. The second-order valence-electron chi connectivity index (χ2n) is 1.74. The first kappa shape index (κ1) is 6.74. The number of nitrogens with one attached hydrogen (secondary N) is 1. The third-order valence-electron chi connectivity index (χ3n) is 1.01. The Labute approximate surface area is 59.8 Å². The molecule has 0 atom stereocenters. The molecule has 0 aliphatic heterocycles. The van der Waals surface area contributed by atoms with Crippen molar-refractivity contribution in [2.45, 2.75) is 0 Å². The van der Waals surface area contributed by atoms with Gasteiger partial charge in [0.05, 0.1) is 11.9 Å². The molecule has 0 bridgehead atoms. The summed E-state index contributed by atoms with van der Waals surface area (Å²) in [5, 5.41) is 3.80. The molecular weight excluding hydrogens is 126 g/mol. The van der Waals surface area contributed by atoms with Crippen LogP contribution in [0.25, 0.3) is 0 Å². The molecule has 0 aliphatic rings. The predicted molar refractivity (Wildman–Crippen MR) is 40.9 cm³/mol. The molecule has 0 spiro atoms. The standard InChI is InChI=1S/C7H9N3/c1-8-10-6-7-4-2-3-5-9-7/h2-6,8H,1H3/b10-6+. The van der Waals surface area contributed by atoms with Gasteiger partial charge in [-0.2, -0.15) is 5.10 Å². The summed E-state index contributed by atoms with van der Waals surface area (Å²) in [5.74, 6) is 0. The van der Waals surface area contributed by atoms with Gasteiger partial charge in [-0.3, -0.25) is 4.98 Å². The summed E-state index contributed by atoms with van der Waals surface area (Å²) in [4.78, 5) is 4.03. The molecule has 1 N–H and O–H groups in total. The van der Waals surface area contributed by atoms with E-state index in [-0.39, 0.29) is 0 Å². The molecule has 0 radical (unpaired) electrons. The molecule has 0 amide bonds. The van der Waals surface area contributed by atoms with Crippen LogP contribution < -0.4 is 5.43 Å². The van der Waals surface area contributed by atoms with E-state index in [2.05, 4.69) is 15.5 Å². The highest BCUT2D eigenvalue weighted by Crippen LogP contribution is 1.86. The molecule has 1 rings (SSSR count). The Kier molecular flexibility index (Phi) is 2.43. The molecule has 0 unspecified atom stereocenters. The molecule has 3 nitrogen and oxygen atoms in total. The Hall–Kier alpha value is -1.38. The van der Waals surface area contributed by atoms with Crippen LogP contribution in [0.5, 0.6) is 0 Å². The van der Waals surface area contributed by atoms with Crippen molar-refractivity contribution in [3.8, 4) is 0 Å². The van der Waals surface area contributed by atoms with Crippen LogP contribution in [0.15, 0.2) is 29.5 Å². The van der Waals surface area contributed by atoms with Gasteiger partial charge in [0.2, 0.25) is 0 Å². The van der Waals surface area contributed by atoms with E-state index >= 15 is 0 Å². The van der Waals surface area contributed by atoms with Crippen LogP contribution in [-0.2, 0) is 0 Å². The van der Waals surface area contributed by atoms with Crippen molar-refractivity contribution in [2.75, 3.05) is 7.05 Å². The largest absolute Gasteiger partial charge is 0.313 e. The number of hydrogen-bond acceptors (Lipinski definition) is 3. The van der Waals surface area contributed by atoms with E-state index in [1.54, 1.807) is 19.5 Å². The molecule has 1 aromatic rings. The Morgan fingerprint density at radius 1 is 1.60 bits per heavy atom. The first-order chi connectivity index (χ1) is 4.93. The predicted octanol–water partition coefficient (Wildman–Crippen LogP) is 0.635. The highest BCUT2D eigenvalue weighted by molar-refractivity contribution is 5.76. The fourth-order valence-corrected chi connectivity index (χ4v) is 0.583. The quantitative estimate of drug-likeness (QED) is 0.477. The Morgan fingerprint density at radius 3 is 3.10 bits per heavy atom. The summed E-state index contributed by atoms with van der Waals surface area (Å²) in [6.45, 7) is 0. The van der Waals surface area contributed by atoms with Crippen LogP contribution in [0, 0.1) is 0 Å². The molecule has 0 fully saturated rings. The second kappa shape index (κ2) is 3.61. The van der Waals surface area contributed by atoms with E-state index in [0.717, 1.165) is 5.69 Å².